The van der Waals surface area contributed by atoms with E-state index in [2.05, 4.69) is 25.9 Å². The number of anilines is 4. The highest BCUT2D eigenvalue weighted by Crippen LogP contribution is 2.29. The SMILES string of the molecule is C[C@H](NC(=O)OC(C)(C)C)[C@H](Nc1nc(Nc2cnc(N3CCOCC3)c(F)c2)c(C#N)cc1F)c1ccccc1. The number of benzene rings is 1. The summed E-state index contributed by atoms with van der Waals surface area (Å²) in [5.74, 6) is -1.29. The molecule has 0 saturated carbocycles. The number of hydrogen-bond acceptors (Lipinski definition) is 9. The van der Waals surface area contributed by atoms with Crippen molar-refractivity contribution in [2.75, 3.05) is 41.8 Å². The Morgan fingerprint density at radius 3 is 2.46 bits per heavy atom. The number of rotatable bonds is 8. The first-order chi connectivity index (χ1) is 19.5. The second kappa shape index (κ2) is 12.8. The van der Waals surface area contributed by atoms with E-state index in [0.717, 1.165) is 11.6 Å². The van der Waals surface area contributed by atoms with Crippen LogP contribution in [0.1, 0.15) is 44.9 Å². The van der Waals surface area contributed by atoms with Gasteiger partial charge in [0, 0.05) is 19.2 Å². The number of pyridine rings is 2. The number of hydrogen-bond donors (Lipinski definition) is 3. The molecule has 0 bridgehead atoms. The highest BCUT2D eigenvalue weighted by Gasteiger charge is 2.26. The molecule has 3 N–H and O–H groups in total. The van der Waals surface area contributed by atoms with E-state index >= 15 is 4.39 Å². The van der Waals surface area contributed by atoms with Crippen molar-refractivity contribution in [2.24, 2.45) is 0 Å². The second-order valence-electron chi connectivity index (χ2n) is 10.5. The van der Waals surface area contributed by atoms with Crippen LogP contribution in [-0.2, 0) is 9.47 Å². The predicted molar refractivity (Wildman–Crippen MR) is 151 cm³/mol. The molecule has 216 valence electrons. The fraction of sp³-hybridized carbons (Fsp3) is 0.379. The monoisotopic (exact) mass is 565 g/mol. The average Bonchev–Trinajstić information content (AvgIpc) is 2.93. The smallest absolute Gasteiger partial charge is 0.407 e. The Balaban J connectivity index is 1.60. The molecule has 1 saturated heterocycles. The van der Waals surface area contributed by atoms with Gasteiger partial charge in [0.05, 0.1) is 42.7 Å². The lowest BCUT2D eigenvalue weighted by Gasteiger charge is -2.29. The molecule has 41 heavy (non-hydrogen) atoms. The third kappa shape index (κ3) is 7.79. The topological polar surface area (TPSA) is 124 Å². The van der Waals surface area contributed by atoms with E-state index < -0.39 is 35.4 Å². The quantitative estimate of drug-likeness (QED) is 0.335. The predicted octanol–water partition coefficient (Wildman–Crippen LogP) is 5.27. The summed E-state index contributed by atoms with van der Waals surface area (Å²) in [6, 6.07) is 12.2. The van der Waals surface area contributed by atoms with Gasteiger partial charge in [-0.1, -0.05) is 30.3 Å². The highest BCUT2D eigenvalue weighted by molar-refractivity contribution is 5.69. The Kier molecular flexibility index (Phi) is 9.19. The van der Waals surface area contributed by atoms with Crippen LogP contribution in [0.15, 0.2) is 48.7 Å². The van der Waals surface area contributed by atoms with Crippen LogP contribution in [0.4, 0.5) is 36.7 Å². The van der Waals surface area contributed by atoms with Crippen LogP contribution in [0.25, 0.3) is 0 Å². The molecule has 0 aliphatic carbocycles. The molecule has 0 spiro atoms. The fourth-order valence-corrected chi connectivity index (χ4v) is 4.30. The molecule has 1 amide bonds. The number of carbonyl (C=O) groups is 1. The van der Waals surface area contributed by atoms with Gasteiger partial charge < -0.3 is 30.3 Å². The van der Waals surface area contributed by atoms with Crippen LogP contribution in [-0.4, -0.2) is 54.0 Å². The number of alkyl carbamates (subject to hydrolysis) is 1. The summed E-state index contributed by atoms with van der Waals surface area (Å²) in [6.07, 6.45) is 0.797. The van der Waals surface area contributed by atoms with Gasteiger partial charge in [-0.3, -0.25) is 0 Å². The standard InChI is InChI=1S/C29H33F2N7O3/c1-18(34-28(39)41-29(2,3)4)24(19-8-6-5-7-9-19)36-26-22(30)14-20(16-32)25(37-26)35-21-15-23(31)27(33-17-21)38-10-12-40-13-11-38/h5-9,14-15,17-18,24H,10-13H2,1-4H3,(H,34,39)(H2,35,36,37)/t18-,24-/m0/s1. The third-order valence-electron chi connectivity index (χ3n) is 6.19. The van der Waals surface area contributed by atoms with Crippen molar-refractivity contribution >= 4 is 29.2 Å². The number of carbonyl (C=O) groups excluding carboxylic acids is 1. The number of halogens is 2. The van der Waals surface area contributed by atoms with Crippen molar-refractivity contribution in [3.63, 3.8) is 0 Å². The first-order valence-electron chi connectivity index (χ1n) is 13.2. The van der Waals surface area contributed by atoms with Crippen molar-refractivity contribution in [2.45, 2.75) is 45.4 Å². The lowest BCUT2D eigenvalue weighted by atomic mass is 10.0. The van der Waals surface area contributed by atoms with Crippen LogP contribution >= 0.6 is 0 Å². The summed E-state index contributed by atoms with van der Waals surface area (Å²) in [7, 11) is 0. The number of amides is 1. The van der Waals surface area contributed by atoms with Crippen LogP contribution in [0.5, 0.6) is 0 Å². The third-order valence-corrected chi connectivity index (χ3v) is 6.19. The van der Waals surface area contributed by atoms with Gasteiger partial charge in [-0.25, -0.2) is 23.5 Å². The zero-order valence-electron chi connectivity index (χ0n) is 23.4. The number of nitrogens with one attached hydrogen (secondary N) is 3. The minimum atomic E-state index is -0.774. The first kappa shape index (κ1) is 29.5. The van der Waals surface area contributed by atoms with Gasteiger partial charge in [0.2, 0.25) is 0 Å². The summed E-state index contributed by atoms with van der Waals surface area (Å²) in [4.78, 5) is 22.8. The maximum absolute atomic E-state index is 15.2. The van der Waals surface area contributed by atoms with Gasteiger partial charge in [-0.05, 0) is 39.3 Å². The van der Waals surface area contributed by atoms with E-state index in [0.29, 0.717) is 26.3 Å². The van der Waals surface area contributed by atoms with E-state index in [1.165, 1.54) is 12.3 Å². The van der Waals surface area contributed by atoms with Gasteiger partial charge >= 0.3 is 6.09 Å². The normalized spacial score (nSPS) is 14.9. The molecule has 1 fully saturated rings. The molecule has 3 aromatic rings. The minimum absolute atomic E-state index is 0.0105. The van der Waals surface area contributed by atoms with Crippen molar-refractivity contribution in [3.05, 3.63) is 71.4 Å². The molecule has 3 heterocycles. The van der Waals surface area contributed by atoms with Crippen LogP contribution in [0.2, 0.25) is 0 Å². The Hall–Kier alpha value is -4.50. The maximum atomic E-state index is 15.2. The first-order valence-corrected chi connectivity index (χ1v) is 13.2. The molecule has 2 aromatic heterocycles. The van der Waals surface area contributed by atoms with E-state index in [1.807, 2.05) is 36.4 Å². The van der Waals surface area contributed by atoms with Crippen molar-refractivity contribution < 1.29 is 23.0 Å². The molecule has 10 nitrogen and oxygen atoms in total. The maximum Gasteiger partial charge on any atom is 0.407 e. The molecule has 1 aromatic carbocycles. The molecule has 1 aliphatic rings. The molecule has 2 atom stereocenters. The van der Waals surface area contributed by atoms with Crippen LogP contribution < -0.4 is 20.9 Å². The summed E-state index contributed by atoms with van der Waals surface area (Å²) >= 11 is 0. The van der Waals surface area contributed by atoms with Gasteiger partial charge in [-0.15, -0.1) is 0 Å². The molecule has 4 rings (SSSR count). The van der Waals surface area contributed by atoms with E-state index in [1.54, 1.807) is 32.6 Å². The number of morpholine rings is 1. The summed E-state index contributed by atoms with van der Waals surface area (Å²) in [6.45, 7) is 9.03. The summed E-state index contributed by atoms with van der Waals surface area (Å²) in [5, 5.41) is 18.4. The van der Waals surface area contributed by atoms with Gasteiger partial charge in [0.1, 0.15) is 11.7 Å². The Morgan fingerprint density at radius 2 is 1.83 bits per heavy atom. The van der Waals surface area contributed by atoms with Crippen molar-refractivity contribution in [1.82, 2.24) is 15.3 Å². The molecular weight excluding hydrogens is 532 g/mol. The lowest BCUT2D eigenvalue weighted by molar-refractivity contribution is 0.0503. The van der Waals surface area contributed by atoms with Crippen molar-refractivity contribution in [1.29, 1.82) is 5.26 Å². The number of nitrogens with zero attached hydrogens (tertiary/aromatic N) is 4. The van der Waals surface area contributed by atoms with Gasteiger partial charge in [0.25, 0.3) is 0 Å². The number of ether oxygens (including phenoxy) is 2. The molecule has 12 heteroatoms. The zero-order chi connectivity index (χ0) is 29.6. The largest absolute Gasteiger partial charge is 0.444 e. The Labute approximate surface area is 237 Å². The van der Waals surface area contributed by atoms with E-state index in [9.17, 15) is 14.4 Å². The lowest BCUT2D eigenvalue weighted by Crippen LogP contribution is -2.42. The number of aromatic nitrogens is 2. The summed E-state index contributed by atoms with van der Waals surface area (Å²) in [5.41, 5.74) is 0.207. The van der Waals surface area contributed by atoms with Crippen LogP contribution in [0.3, 0.4) is 0 Å². The number of nitriles is 1. The van der Waals surface area contributed by atoms with Gasteiger partial charge in [0.15, 0.2) is 29.1 Å². The summed E-state index contributed by atoms with van der Waals surface area (Å²) < 4.78 is 40.8. The van der Waals surface area contributed by atoms with Crippen LogP contribution in [0, 0.1) is 23.0 Å². The Bertz CT molecular complexity index is 1400. The minimum Gasteiger partial charge on any atom is -0.444 e. The molecule has 0 unspecified atom stereocenters. The molecular formula is C29H33F2N7O3. The molecule has 0 radical (unpaired) electrons. The Morgan fingerprint density at radius 1 is 1.12 bits per heavy atom. The van der Waals surface area contributed by atoms with Gasteiger partial charge in [-0.2, -0.15) is 5.26 Å². The highest BCUT2D eigenvalue weighted by atomic mass is 19.1. The van der Waals surface area contributed by atoms with E-state index in [4.69, 9.17) is 9.47 Å². The van der Waals surface area contributed by atoms with Crippen molar-refractivity contribution in [3.8, 4) is 6.07 Å². The second-order valence-corrected chi connectivity index (χ2v) is 10.5. The van der Waals surface area contributed by atoms with E-state index in [-0.39, 0.29) is 28.7 Å². The average molecular weight is 566 g/mol. The molecule has 1 aliphatic heterocycles. The zero-order valence-corrected chi connectivity index (χ0v) is 23.4. The fourth-order valence-electron chi connectivity index (χ4n) is 4.30.